The molecule has 2 aromatic heterocycles. The third-order valence-electron chi connectivity index (χ3n) is 3.23. The van der Waals surface area contributed by atoms with Crippen LogP contribution in [0, 0.1) is 19.7 Å². The third kappa shape index (κ3) is 1.85. The van der Waals surface area contributed by atoms with E-state index in [1.807, 2.05) is 13.8 Å². The summed E-state index contributed by atoms with van der Waals surface area (Å²) in [5.41, 5.74) is 2.45. The molecule has 0 N–H and O–H groups in total. The van der Waals surface area contributed by atoms with Crippen LogP contribution in [0.5, 0.6) is 0 Å². The largest absolute Gasteiger partial charge is 0.205 e. The van der Waals surface area contributed by atoms with Gasteiger partial charge in [-0.05, 0) is 31.5 Å². The van der Waals surface area contributed by atoms with E-state index in [4.69, 9.17) is 23.2 Å². The van der Waals surface area contributed by atoms with E-state index in [0.717, 1.165) is 11.1 Å². The van der Waals surface area contributed by atoms with Crippen LogP contribution in [0.15, 0.2) is 18.2 Å². The van der Waals surface area contributed by atoms with E-state index >= 15 is 0 Å². The predicted molar refractivity (Wildman–Crippen MR) is 75.7 cm³/mol. The van der Waals surface area contributed by atoms with Crippen molar-refractivity contribution in [1.82, 2.24) is 19.8 Å². The molecule has 3 aromatic rings. The van der Waals surface area contributed by atoms with E-state index in [0.29, 0.717) is 10.8 Å². The second-order valence-corrected chi connectivity index (χ2v) is 5.17. The van der Waals surface area contributed by atoms with E-state index in [1.54, 1.807) is 12.1 Å². The van der Waals surface area contributed by atoms with Gasteiger partial charge < -0.3 is 0 Å². The summed E-state index contributed by atoms with van der Waals surface area (Å²) in [6, 6.07) is 4.69. The number of hydrogen-bond donors (Lipinski definition) is 0. The lowest BCUT2D eigenvalue weighted by molar-refractivity contribution is 0.629. The van der Waals surface area contributed by atoms with Crippen LogP contribution in [0.25, 0.3) is 17.0 Å². The average molecular weight is 311 g/mol. The zero-order valence-electron chi connectivity index (χ0n) is 10.7. The summed E-state index contributed by atoms with van der Waals surface area (Å²) in [5, 5.41) is 12.6. The van der Waals surface area contributed by atoms with Gasteiger partial charge in [0, 0.05) is 5.56 Å². The standard InChI is InChI=1S/C13H9Cl2FN4/c1-6-7(2)12-17-18-13(20(12)19-11(6)15)8-4-3-5-9(14)10(8)16/h3-5H,1-2H3. The summed E-state index contributed by atoms with van der Waals surface area (Å²) >= 11 is 11.9. The molecule has 0 amide bonds. The maximum Gasteiger partial charge on any atom is 0.188 e. The van der Waals surface area contributed by atoms with Crippen LogP contribution in [0.4, 0.5) is 4.39 Å². The molecule has 0 spiro atoms. The van der Waals surface area contributed by atoms with Gasteiger partial charge in [0.15, 0.2) is 22.4 Å². The number of benzene rings is 1. The first-order chi connectivity index (χ1) is 9.50. The van der Waals surface area contributed by atoms with E-state index in [1.165, 1.54) is 10.6 Å². The van der Waals surface area contributed by atoms with Crippen LogP contribution in [0.2, 0.25) is 10.2 Å². The number of hydrogen-bond acceptors (Lipinski definition) is 3. The fourth-order valence-corrected chi connectivity index (χ4v) is 2.33. The number of rotatable bonds is 1. The molecule has 0 saturated heterocycles. The SMILES string of the molecule is Cc1c(Cl)nn2c(-c3cccc(Cl)c3F)nnc2c1C. The lowest BCUT2D eigenvalue weighted by Crippen LogP contribution is -2.01. The molecule has 102 valence electrons. The smallest absolute Gasteiger partial charge is 0.188 e. The van der Waals surface area contributed by atoms with Gasteiger partial charge in [0.25, 0.3) is 0 Å². The molecule has 7 heteroatoms. The van der Waals surface area contributed by atoms with Crippen LogP contribution < -0.4 is 0 Å². The van der Waals surface area contributed by atoms with Gasteiger partial charge in [-0.15, -0.1) is 10.2 Å². The molecule has 2 heterocycles. The van der Waals surface area contributed by atoms with Gasteiger partial charge in [-0.3, -0.25) is 0 Å². The Kier molecular flexibility index (Phi) is 3.11. The Hall–Kier alpha value is -1.72. The van der Waals surface area contributed by atoms with Crippen molar-refractivity contribution >= 4 is 28.8 Å². The molecule has 0 aliphatic heterocycles. The summed E-state index contributed by atoms with van der Waals surface area (Å²) in [6.45, 7) is 3.71. The number of nitrogens with zero attached hydrogens (tertiary/aromatic N) is 4. The molecule has 0 radical (unpaired) electrons. The molecular formula is C13H9Cl2FN4. The fraction of sp³-hybridized carbons (Fsp3) is 0.154. The monoisotopic (exact) mass is 310 g/mol. The van der Waals surface area contributed by atoms with E-state index in [2.05, 4.69) is 15.3 Å². The van der Waals surface area contributed by atoms with Gasteiger partial charge in [-0.2, -0.15) is 9.61 Å². The maximum atomic E-state index is 14.1. The number of aryl methyl sites for hydroxylation is 1. The second-order valence-electron chi connectivity index (χ2n) is 4.40. The highest BCUT2D eigenvalue weighted by Crippen LogP contribution is 2.28. The normalized spacial score (nSPS) is 11.2. The van der Waals surface area contributed by atoms with Gasteiger partial charge >= 0.3 is 0 Å². The Morgan fingerprint density at radius 3 is 2.60 bits per heavy atom. The van der Waals surface area contributed by atoms with Crippen molar-refractivity contribution in [2.75, 3.05) is 0 Å². The number of aromatic nitrogens is 4. The van der Waals surface area contributed by atoms with Crippen molar-refractivity contribution in [3.63, 3.8) is 0 Å². The topological polar surface area (TPSA) is 43.1 Å². The number of fused-ring (bicyclic) bond motifs is 1. The first-order valence-corrected chi connectivity index (χ1v) is 6.58. The van der Waals surface area contributed by atoms with Gasteiger partial charge in [0.1, 0.15) is 0 Å². The summed E-state index contributed by atoms with van der Waals surface area (Å²) in [7, 11) is 0. The molecule has 0 aliphatic rings. The van der Waals surface area contributed by atoms with Gasteiger partial charge in [0.2, 0.25) is 0 Å². The Morgan fingerprint density at radius 2 is 1.85 bits per heavy atom. The quantitative estimate of drug-likeness (QED) is 0.685. The summed E-state index contributed by atoms with van der Waals surface area (Å²) in [6.07, 6.45) is 0. The summed E-state index contributed by atoms with van der Waals surface area (Å²) in [4.78, 5) is 0. The molecule has 1 aromatic carbocycles. The number of halogens is 3. The predicted octanol–water partition coefficient (Wildman–Crippen LogP) is 3.85. The first-order valence-electron chi connectivity index (χ1n) is 5.83. The Bertz CT molecular complexity index is 829. The van der Waals surface area contributed by atoms with Crippen molar-refractivity contribution in [3.05, 3.63) is 45.3 Å². The van der Waals surface area contributed by atoms with Crippen molar-refractivity contribution in [2.24, 2.45) is 0 Å². The zero-order valence-corrected chi connectivity index (χ0v) is 12.2. The van der Waals surface area contributed by atoms with Crippen LogP contribution in [0.3, 0.4) is 0 Å². The molecule has 20 heavy (non-hydrogen) atoms. The van der Waals surface area contributed by atoms with Crippen LogP contribution in [-0.4, -0.2) is 19.8 Å². The highest BCUT2D eigenvalue weighted by atomic mass is 35.5. The van der Waals surface area contributed by atoms with Crippen LogP contribution in [-0.2, 0) is 0 Å². The highest BCUT2D eigenvalue weighted by molar-refractivity contribution is 6.31. The molecule has 0 bridgehead atoms. The minimum absolute atomic E-state index is 0.0224. The van der Waals surface area contributed by atoms with E-state index in [9.17, 15) is 4.39 Å². The lowest BCUT2D eigenvalue weighted by Gasteiger charge is -2.06. The average Bonchev–Trinajstić information content (AvgIpc) is 2.83. The zero-order chi connectivity index (χ0) is 14.4. The minimum atomic E-state index is -0.556. The molecule has 0 atom stereocenters. The van der Waals surface area contributed by atoms with Gasteiger partial charge in [-0.1, -0.05) is 29.3 Å². The van der Waals surface area contributed by atoms with Crippen LogP contribution in [0.1, 0.15) is 11.1 Å². The van der Waals surface area contributed by atoms with Crippen molar-refractivity contribution in [2.45, 2.75) is 13.8 Å². The molecule has 3 rings (SSSR count). The molecule has 0 unspecified atom stereocenters. The Morgan fingerprint density at radius 1 is 1.10 bits per heavy atom. The van der Waals surface area contributed by atoms with E-state index < -0.39 is 5.82 Å². The second kappa shape index (κ2) is 4.68. The highest BCUT2D eigenvalue weighted by Gasteiger charge is 2.18. The van der Waals surface area contributed by atoms with Crippen molar-refractivity contribution in [1.29, 1.82) is 0 Å². The molecule has 0 fully saturated rings. The molecule has 4 nitrogen and oxygen atoms in total. The minimum Gasteiger partial charge on any atom is -0.205 e. The van der Waals surface area contributed by atoms with E-state index in [-0.39, 0.29) is 16.4 Å². The molecule has 0 aliphatic carbocycles. The van der Waals surface area contributed by atoms with Crippen LogP contribution >= 0.6 is 23.2 Å². The lowest BCUT2D eigenvalue weighted by atomic mass is 10.2. The Balaban J connectivity index is 2.36. The first kappa shape index (κ1) is 13.3. The molecular weight excluding hydrogens is 302 g/mol. The Labute approximate surface area is 124 Å². The van der Waals surface area contributed by atoms with Gasteiger partial charge in [0.05, 0.1) is 10.6 Å². The van der Waals surface area contributed by atoms with Crippen molar-refractivity contribution < 1.29 is 4.39 Å². The summed E-state index contributed by atoms with van der Waals surface area (Å²) < 4.78 is 15.5. The van der Waals surface area contributed by atoms with Gasteiger partial charge in [-0.25, -0.2) is 4.39 Å². The maximum absolute atomic E-state index is 14.1. The fourth-order valence-electron chi connectivity index (χ4n) is 1.94. The summed E-state index contributed by atoms with van der Waals surface area (Å²) in [5.74, 6) is -0.287. The van der Waals surface area contributed by atoms with Crippen molar-refractivity contribution in [3.8, 4) is 11.4 Å². The third-order valence-corrected chi connectivity index (χ3v) is 3.88. The molecule has 0 saturated carbocycles.